The molecule has 0 heterocycles. The van der Waals surface area contributed by atoms with Crippen LogP contribution in [0.15, 0.2) is 33.6 Å². The van der Waals surface area contributed by atoms with E-state index in [9.17, 15) is 8.42 Å². The summed E-state index contributed by atoms with van der Waals surface area (Å²) in [6.07, 6.45) is 5.55. The summed E-state index contributed by atoms with van der Waals surface area (Å²) >= 11 is 8.88. The van der Waals surface area contributed by atoms with Gasteiger partial charge in [0.15, 0.2) is 0 Å². The fourth-order valence-corrected chi connectivity index (χ4v) is 3.58. The van der Waals surface area contributed by atoms with Crippen molar-refractivity contribution in [2.45, 2.75) is 11.8 Å². The molecule has 0 spiro atoms. The van der Waals surface area contributed by atoms with Gasteiger partial charge in [0, 0.05) is 9.88 Å². The van der Waals surface area contributed by atoms with E-state index >= 15 is 0 Å². The molecule has 1 rings (SSSR count). The lowest BCUT2D eigenvalue weighted by molar-refractivity contribution is 0.598. The van der Waals surface area contributed by atoms with E-state index in [1.54, 1.807) is 36.4 Å². The van der Waals surface area contributed by atoms with Crippen LogP contribution in [-0.4, -0.2) is 35.8 Å². The smallest absolute Gasteiger partial charge is 0.283 e. The highest BCUT2D eigenvalue weighted by molar-refractivity contribution is 8.38. The van der Waals surface area contributed by atoms with Crippen molar-refractivity contribution in [3.63, 3.8) is 0 Å². The number of thioether (sulfide) groups is 3. The van der Waals surface area contributed by atoms with E-state index < -0.39 is 10.0 Å². The molecule has 0 fully saturated rings. The van der Waals surface area contributed by atoms with Gasteiger partial charge in [-0.1, -0.05) is 12.2 Å². The maximum atomic E-state index is 11.8. The second-order valence-electron chi connectivity index (χ2n) is 3.51. The van der Waals surface area contributed by atoms with Crippen molar-refractivity contribution in [2.24, 2.45) is 4.40 Å². The van der Waals surface area contributed by atoms with Crippen molar-refractivity contribution < 1.29 is 8.42 Å². The van der Waals surface area contributed by atoms with Crippen LogP contribution < -0.4 is 5.73 Å². The number of rotatable bonds is 2. The number of sulfonamides is 1. The normalized spacial score (nSPS) is 10.3. The van der Waals surface area contributed by atoms with Crippen LogP contribution in [0.25, 0.3) is 0 Å². The Hall–Kier alpha value is -0.220. The van der Waals surface area contributed by atoms with Crippen LogP contribution >= 0.6 is 47.5 Å². The van der Waals surface area contributed by atoms with Gasteiger partial charge in [0.05, 0.1) is 4.90 Å². The zero-order valence-corrected chi connectivity index (χ0v) is 16.3. The maximum absolute atomic E-state index is 11.8. The fourth-order valence-electron chi connectivity index (χ4n) is 0.948. The second-order valence-corrected chi connectivity index (χ2v) is 8.85. The Bertz CT molecular complexity index is 576. The summed E-state index contributed by atoms with van der Waals surface area (Å²) in [6, 6.07) is 5.99. The predicted octanol–water partition coefficient (Wildman–Crippen LogP) is 3.74. The molecule has 118 valence electrons. The van der Waals surface area contributed by atoms with E-state index in [0.717, 1.165) is 4.20 Å². The number of hydrogen-bond donors (Lipinski definition) is 1. The van der Waals surface area contributed by atoms with Crippen LogP contribution in [0.4, 0.5) is 5.69 Å². The summed E-state index contributed by atoms with van der Waals surface area (Å²) in [5.74, 6) is 0. The summed E-state index contributed by atoms with van der Waals surface area (Å²) in [6.45, 7) is 1.92. The van der Waals surface area contributed by atoms with Crippen LogP contribution in [0.1, 0.15) is 6.92 Å². The summed E-state index contributed by atoms with van der Waals surface area (Å²) in [4.78, 5) is 0.155. The lowest BCUT2D eigenvalue weighted by Crippen LogP contribution is -2.00. The summed E-state index contributed by atoms with van der Waals surface area (Å²) in [5, 5.41) is 0. The van der Waals surface area contributed by atoms with E-state index in [4.69, 9.17) is 5.73 Å². The molecule has 0 saturated carbocycles. The molecule has 0 radical (unpaired) electrons. The molecule has 0 unspecified atom stereocenters. The Morgan fingerprint density at radius 2 is 1.52 bits per heavy atom. The summed E-state index contributed by atoms with van der Waals surface area (Å²) in [5.41, 5.74) is 6.01. The molecule has 4 nitrogen and oxygen atoms in total. The van der Waals surface area contributed by atoms with Gasteiger partial charge < -0.3 is 5.73 Å². The van der Waals surface area contributed by atoms with Gasteiger partial charge in [-0.2, -0.15) is 8.42 Å². The Balaban J connectivity index is 0.000000690. The monoisotopic (exact) mass is 382 g/mol. The van der Waals surface area contributed by atoms with Gasteiger partial charge in [-0.15, -0.1) is 39.7 Å². The molecule has 0 atom stereocenters. The van der Waals surface area contributed by atoms with Crippen molar-refractivity contribution >= 4 is 71.8 Å². The number of nitrogen functional groups attached to an aromatic ring is 1. The van der Waals surface area contributed by atoms with E-state index in [0.29, 0.717) is 10.1 Å². The molecule has 0 aliphatic rings. The van der Waals surface area contributed by atoms with Crippen molar-refractivity contribution in [1.82, 2.24) is 0 Å². The lowest BCUT2D eigenvalue weighted by atomic mass is 10.3. The number of thiocarbonyl (C=S) groups is 1. The van der Waals surface area contributed by atoms with Crippen LogP contribution in [0.3, 0.4) is 0 Å². The van der Waals surface area contributed by atoms with Crippen LogP contribution in [0.2, 0.25) is 0 Å². The molecule has 1 aromatic rings. The average molecular weight is 383 g/mol. The largest absolute Gasteiger partial charge is 0.399 e. The third kappa shape index (κ3) is 8.72. The molecule has 0 aliphatic carbocycles. The van der Waals surface area contributed by atoms with E-state index in [-0.39, 0.29) is 4.90 Å². The quantitative estimate of drug-likeness (QED) is 0.361. The Morgan fingerprint density at radius 1 is 1.10 bits per heavy atom. The highest BCUT2D eigenvalue weighted by Gasteiger charge is 2.13. The summed E-state index contributed by atoms with van der Waals surface area (Å²) in [7, 11) is -3.61. The zero-order valence-electron chi connectivity index (χ0n) is 12.2. The second kappa shape index (κ2) is 10.5. The molecule has 9 heteroatoms. The van der Waals surface area contributed by atoms with Gasteiger partial charge in [-0.25, -0.2) is 0 Å². The molecule has 0 aromatic heterocycles. The minimum atomic E-state index is -3.61. The molecule has 2 N–H and O–H groups in total. The first-order valence-electron chi connectivity index (χ1n) is 5.59. The first-order chi connectivity index (χ1) is 9.76. The molecule has 0 aliphatic heterocycles. The number of benzene rings is 1. The number of nitrogens with two attached hydrogens (primary N) is 1. The van der Waals surface area contributed by atoms with Gasteiger partial charge in [0.2, 0.25) is 0 Å². The minimum Gasteiger partial charge on any atom is -0.399 e. The average Bonchev–Trinajstić information content (AvgIpc) is 2.45. The Morgan fingerprint density at radius 3 is 1.86 bits per heavy atom. The SMILES string of the molecule is CSC(=NS(=O)(=O)c1ccc(N)cc1)SC.CSC(C)=S. The van der Waals surface area contributed by atoms with Gasteiger partial charge in [-0.05, 0) is 50.0 Å². The zero-order chi connectivity index (χ0) is 16.5. The van der Waals surface area contributed by atoms with Crippen LogP contribution in [0.5, 0.6) is 0 Å². The maximum Gasteiger partial charge on any atom is 0.283 e. The molecular weight excluding hydrogens is 364 g/mol. The van der Waals surface area contributed by atoms with Crippen LogP contribution in [0, 0.1) is 0 Å². The predicted molar refractivity (Wildman–Crippen MR) is 104 cm³/mol. The van der Waals surface area contributed by atoms with Gasteiger partial charge in [-0.3, -0.25) is 0 Å². The van der Waals surface area contributed by atoms with Crippen molar-refractivity contribution in [2.75, 3.05) is 24.5 Å². The molecule has 0 saturated heterocycles. The molecule has 0 bridgehead atoms. The summed E-state index contributed by atoms with van der Waals surface area (Å²) < 4.78 is 28.9. The molecule has 1 aromatic carbocycles. The molecule has 0 amide bonds. The number of nitrogens with zero attached hydrogens (tertiary/aromatic N) is 1. The Labute approximate surface area is 144 Å². The van der Waals surface area contributed by atoms with Gasteiger partial charge in [0.25, 0.3) is 10.0 Å². The lowest BCUT2D eigenvalue weighted by Gasteiger charge is -2.01. The Kier molecular flexibility index (Phi) is 10.4. The van der Waals surface area contributed by atoms with Crippen molar-refractivity contribution in [3.05, 3.63) is 24.3 Å². The van der Waals surface area contributed by atoms with E-state index in [1.807, 2.05) is 13.2 Å². The van der Waals surface area contributed by atoms with E-state index in [1.165, 1.54) is 35.7 Å². The third-order valence-electron chi connectivity index (χ3n) is 2.01. The minimum absolute atomic E-state index is 0.155. The van der Waals surface area contributed by atoms with Crippen molar-refractivity contribution in [1.29, 1.82) is 0 Å². The topological polar surface area (TPSA) is 72.5 Å². The van der Waals surface area contributed by atoms with E-state index in [2.05, 4.69) is 16.6 Å². The number of anilines is 1. The first kappa shape index (κ1) is 20.8. The van der Waals surface area contributed by atoms with Gasteiger partial charge >= 0.3 is 0 Å². The van der Waals surface area contributed by atoms with Crippen molar-refractivity contribution in [3.8, 4) is 0 Å². The standard InChI is InChI=1S/C9H12N2O2S3.C3H6S2/c1-14-9(15-2)11-16(12,13)8-5-3-7(10)4-6-8;1-3(4)5-2/h3-6H,10H2,1-2H3;1-2H3. The molecular formula is C12H18N2O2S5. The highest BCUT2D eigenvalue weighted by atomic mass is 32.2. The fraction of sp³-hybridized carbons (Fsp3) is 0.333. The first-order valence-corrected chi connectivity index (χ1v) is 11.1. The van der Waals surface area contributed by atoms with Crippen LogP contribution in [-0.2, 0) is 10.0 Å². The highest BCUT2D eigenvalue weighted by Crippen LogP contribution is 2.19. The third-order valence-corrected chi connectivity index (χ3v) is 6.49. The molecule has 21 heavy (non-hydrogen) atoms. The number of hydrogen-bond acceptors (Lipinski definition) is 7. The van der Waals surface area contributed by atoms with Gasteiger partial charge in [0.1, 0.15) is 4.38 Å².